The molecule has 10 heteroatoms. The molecular weight excluding hydrogens is 401 g/mol. The van der Waals surface area contributed by atoms with Crippen LogP contribution in [0, 0.1) is 6.92 Å². The van der Waals surface area contributed by atoms with E-state index >= 15 is 0 Å². The monoisotopic (exact) mass is 412 g/mol. The number of alkyl halides is 3. The van der Waals surface area contributed by atoms with Gasteiger partial charge in [-0.3, -0.25) is 13.9 Å². The van der Waals surface area contributed by atoms with Crippen molar-refractivity contribution in [1.82, 2.24) is 9.13 Å². The number of aryl methyl sites for hydroxylation is 2. The maximum atomic E-state index is 12.6. The maximum Gasteiger partial charge on any atom is 0.390 e. The molecule has 0 bridgehead atoms. The molecule has 126 valence electrons. The second-order valence-electron chi connectivity index (χ2n) is 5.35. The lowest BCUT2D eigenvalue weighted by atomic mass is 10.2. The summed E-state index contributed by atoms with van der Waals surface area (Å²) in [4.78, 5) is 25.5. The van der Waals surface area contributed by atoms with Crippen LogP contribution in [0.15, 0.2) is 13.4 Å². The summed E-state index contributed by atoms with van der Waals surface area (Å²) in [5.74, 6) is 0. The van der Waals surface area contributed by atoms with Crippen molar-refractivity contribution in [3.05, 3.63) is 30.2 Å². The van der Waals surface area contributed by atoms with Gasteiger partial charge < -0.3 is 4.74 Å². The molecule has 0 atom stereocenters. The van der Waals surface area contributed by atoms with Crippen molar-refractivity contribution in [1.29, 1.82) is 0 Å². The molecule has 2 aromatic rings. The Balaban J connectivity index is 2.26. The van der Waals surface area contributed by atoms with E-state index in [9.17, 15) is 22.8 Å². The number of hydrogen-bond acceptors (Lipinski definition) is 4. The minimum atomic E-state index is -4.38. The van der Waals surface area contributed by atoms with Crippen LogP contribution in [-0.4, -0.2) is 28.5 Å². The van der Waals surface area contributed by atoms with E-state index in [1.807, 2.05) is 0 Å². The van der Waals surface area contributed by atoms with E-state index in [-0.39, 0.29) is 23.4 Å². The molecule has 3 heterocycles. The highest BCUT2D eigenvalue weighted by Crippen LogP contribution is 2.33. The zero-order valence-corrected chi connectivity index (χ0v) is 14.3. The molecule has 0 unspecified atom stereocenters. The topological polar surface area (TPSA) is 53.2 Å². The van der Waals surface area contributed by atoms with Crippen LogP contribution in [0.3, 0.4) is 0 Å². The molecule has 0 aliphatic carbocycles. The molecule has 0 aromatic carbocycles. The van der Waals surface area contributed by atoms with Crippen LogP contribution in [-0.2, 0) is 11.3 Å². The van der Waals surface area contributed by atoms with Gasteiger partial charge in [0.15, 0.2) is 0 Å². The van der Waals surface area contributed by atoms with E-state index < -0.39 is 36.4 Å². The van der Waals surface area contributed by atoms with Gasteiger partial charge >= 0.3 is 11.9 Å². The van der Waals surface area contributed by atoms with Gasteiger partial charge in [-0.15, -0.1) is 11.3 Å². The first-order valence-electron chi connectivity index (χ1n) is 6.79. The van der Waals surface area contributed by atoms with Gasteiger partial charge in [-0.1, -0.05) is 0 Å². The van der Waals surface area contributed by atoms with E-state index in [0.717, 1.165) is 20.5 Å². The SMILES string of the molecule is Cc1c(Br)sc2c1c(=O)n(C1COC1)c(=O)n2CCC(F)(F)F. The summed E-state index contributed by atoms with van der Waals surface area (Å²) in [6.07, 6.45) is -5.51. The zero-order chi connectivity index (χ0) is 16.9. The fourth-order valence-electron chi connectivity index (χ4n) is 2.47. The first kappa shape index (κ1) is 16.7. The highest BCUT2D eigenvalue weighted by atomic mass is 79.9. The fraction of sp³-hybridized carbons (Fsp3) is 0.538. The zero-order valence-electron chi connectivity index (χ0n) is 11.9. The molecule has 0 N–H and O–H groups in total. The predicted octanol–water partition coefficient (Wildman–Crippen LogP) is 2.82. The average molecular weight is 413 g/mol. The first-order valence-corrected chi connectivity index (χ1v) is 8.40. The van der Waals surface area contributed by atoms with E-state index in [4.69, 9.17) is 4.74 Å². The van der Waals surface area contributed by atoms with Crippen molar-refractivity contribution < 1.29 is 17.9 Å². The van der Waals surface area contributed by atoms with Gasteiger partial charge in [-0.2, -0.15) is 13.2 Å². The van der Waals surface area contributed by atoms with Crippen LogP contribution in [0.2, 0.25) is 0 Å². The number of ether oxygens (including phenoxy) is 1. The largest absolute Gasteiger partial charge is 0.390 e. The molecule has 0 radical (unpaired) electrons. The summed E-state index contributed by atoms with van der Waals surface area (Å²) in [5, 5.41) is 0.288. The third-order valence-corrected chi connectivity index (χ3v) is 5.97. The molecule has 5 nitrogen and oxygen atoms in total. The number of rotatable bonds is 3. The third-order valence-electron chi connectivity index (χ3n) is 3.79. The molecule has 0 saturated carbocycles. The number of fused-ring (bicyclic) bond motifs is 1. The third kappa shape index (κ3) is 2.87. The minimum absolute atomic E-state index is 0.213. The Bertz CT molecular complexity index is 880. The Hall–Kier alpha value is -1.13. The van der Waals surface area contributed by atoms with Crippen molar-refractivity contribution in [3.63, 3.8) is 0 Å². The summed E-state index contributed by atoms with van der Waals surface area (Å²) >= 11 is 4.39. The lowest BCUT2D eigenvalue weighted by molar-refractivity contribution is -0.136. The quantitative estimate of drug-likeness (QED) is 0.778. The summed E-state index contributed by atoms with van der Waals surface area (Å²) in [7, 11) is 0. The number of hydrogen-bond donors (Lipinski definition) is 0. The van der Waals surface area contributed by atoms with Crippen LogP contribution < -0.4 is 11.2 Å². The molecule has 0 spiro atoms. The van der Waals surface area contributed by atoms with Crippen LogP contribution >= 0.6 is 27.3 Å². The highest BCUT2D eigenvalue weighted by molar-refractivity contribution is 9.11. The Morgan fingerprint density at radius 1 is 1.35 bits per heavy atom. The van der Waals surface area contributed by atoms with Gasteiger partial charge in [0.25, 0.3) is 5.56 Å². The maximum absolute atomic E-state index is 12.6. The number of nitrogens with zero attached hydrogens (tertiary/aromatic N) is 2. The van der Waals surface area contributed by atoms with Crippen LogP contribution in [0.5, 0.6) is 0 Å². The molecule has 1 aliphatic rings. The lowest BCUT2D eigenvalue weighted by Gasteiger charge is -2.28. The smallest absolute Gasteiger partial charge is 0.377 e. The molecule has 1 fully saturated rings. The van der Waals surface area contributed by atoms with Gasteiger partial charge in [-0.25, -0.2) is 4.79 Å². The van der Waals surface area contributed by atoms with Gasteiger partial charge in [0.2, 0.25) is 0 Å². The molecule has 2 aromatic heterocycles. The van der Waals surface area contributed by atoms with E-state index in [1.165, 1.54) is 0 Å². The molecule has 23 heavy (non-hydrogen) atoms. The number of halogens is 4. The fourth-order valence-corrected chi connectivity index (χ4v) is 4.17. The minimum Gasteiger partial charge on any atom is -0.377 e. The van der Waals surface area contributed by atoms with Gasteiger partial charge in [0.05, 0.1) is 34.8 Å². The van der Waals surface area contributed by atoms with E-state index in [0.29, 0.717) is 9.35 Å². The summed E-state index contributed by atoms with van der Waals surface area (Å²) < 4.78 is 45.4. The average Bonchev–Trinajstić information content (AvgIpc) is 2.67. The van der Waals surface area contributed by atoms with Crippen molar-refractivity contribution in [2.75, 3.05) is 13.2 Å². The molecule has 3 rings (SSSR count). The van der Waals surface area contributed by atoms with Crippen molar-refractivity contribution >= 4 is 37.5 Å². The summed E-state index contributed by atoms with van der Waals surface area (Å²) in [5.41, 5.74) is -0.556. The first-order chi connectivity index (χ1) is 10.7. The number of thiophene rings is 1. The molecule has 1 aliphatic heterocycles. The molecule has 0 amide bonds. The Morgan fingerprint density at radius 2 is 2.00 bits per heavy atom. The predicted molar refractivity (Wildman–Crippen MR) is 83.3 cm³/mol. The number of aromatic nitrogens is 2. The van der Waals surface area contributed by atoms with Crippen LogP contribution in [0.4, 0.5) is 13.2 Å². The van der Waals surface area contributed by atoms with E-state index in [2.05, 4.69) is 15.9 Å². The highest BCUT2D eigenvalue weighted by Gasteiger charge is 2.31. The van der Waals surface area contributed by atoms with Gasteiger partial charge in [-0.05, 0) is 28.4 Å². The van der Waals surface area contributed by atoms with Crippen molar-refractivity contribution in [2.45, 2.75) is 32.1 Å². The Morgan fingerprint density at radius 3 is 2.52 bits per heavy atom. The molecule has 1 saturated heterocycles. The van der Waals surface area contributed by atoms with Gasteiger partial charge in [0, 0.05) is 6.54 Å². The normalized spacial score (nSPS) is 16.0. The van der Waals surface area contributed by atoms with E-state index in [1.54, 1.807) is 6.92 Å². The Kier molecular flexibility index (Phi) is 4.18. The lowest BCUT2D eigenvalue weighted by Crippen LogP contribution is -2.48. The Labute approximate surface area is 140 Å². The molecular formula is C13H12BrF3N2O3S. The van der Waals surface area contributed by atoms with Gasteiger partial charge in [0.1, 0.15) is 4.83 Å². The van der Waals surface area contributed by atoms with Crippen LogP contribution in [0.25, 0.3) is 10.2 Å². The van der Waals surface area contributed by atoms with Crippen molar-refractivity contribution in [3.8, 4) is 0 Å². The second-order valence-corrected chi connectivity index (χ2v) is 7.66. The summed E-state index contributed by atoms with van der Waals surface area (Å²) in [6, 6.07) is -0.422. The van der Waals surface area contributed by atoms with Crippen LogP contribution in [0.1, 0.15) is 18.0 Å². The standard InChI is InChI=1S/C13H12BrF3N2O3S/c1-6-8-10(20)19(7-4-22-5-7)12(21)18(3-2-13(15,16)17)11(8)23-9(6)14/h7H,2-5H2,1H3. The second kappa shape index (κ2) is 5.75. The summed E-state index contributed by atoms with van der Waals surface area (Å²) in [6.45, 7) is 1.61. The van der Waals surface area contributed by atoms with Crippen molar-refractivity contribution in [2.24, 2.45) is 0 Å².